The van der Waals surface area contributed by atoms with E-state index in [1.807, 2.05) is 0 Å². The Hall–Kier alpha value is -6.58. The number of aromatic nitrogens is 3. The van der Waals surface area contributed by atoms with Crippen LogP contribution < -0.4 is 0 Å². The van der Waals surface area contributed by atoms with Crippen molar-refractivity contribution in [2.24, 2.45) is 0 Å². The number of benzene rings is 8. The van der Waals surface area contributed by atoms with E-state index in [2.05, 4.69) is 182 Å². The SMILES string of the molecule is CC1(C)c2ccccc2-c2c1c1c(c3ccccc23)c2ccccc2n1-c1nc(-c2ccc(-c3ccccc3)cc2)c2c(ccc3ccccc32)n1. The maximum absolute atomic E-state index is 5.62. The third-order valence-corrected chi connectivity index (χ3v) is 11.4. The van der Waals surface area contributed by atoms with Crippen molar-refractivity contribution in [2.45, 2.75) is 19.3 Å². The van der Waals surface area contributed by atoms with E-state index >= 15 is 0 Å². The first-order valence-electron chi connectivity index (χ1n) is 18.0. The Bertz CT molecular complexity index is 3080. The van der Waals surface area contributed by atoms with Gasteiger partial charge in [-0.05, 0) is 67.1 Å². The van der Waals surface area contributed by atoms with Crippen molar-refractivity contribution in [2.75, 3.05) is 0 Å². The monoisotopic (exact) mass is 663 g/mol. The molecule has 0 fully saturated rings. The van der Waals surface area contributed by atoms with Crippen molar-refractivity contribution < 1.29 is 0 Å². The van der Waals surface area contributed by atoms with Gasteiger partial charge in [0.2, 0.25) is 5.95 Å². The molecule has 52 heavy (non-hydrogen) atoms. The van der Waals surface area contributed by atoms with Gasteiger partial charge in [0, 0.05) is 27.1 Å². The molecule has 8 aromatic carbocycles. The lowest BCUT2D eigenvalue weighted by molar-refractivity contribution is 0.664. The Labute approximate surface area is 301 Å². The highest BCUT2D eigenvalue weighted by molar-refractivity contribution is 6.27. The predicted molar refractivity (Wildman–Crippen MR) is 217 cm³/mol. The van der Waals surface area contributed by atoms with E-state index < -0.39 is 0 Å². The fourth-order valence-corrected chi connectivity index (χ4v) is 9.05. The summed E-state index contributed by atoms with van der Waals surface area (Å²) in [7, 11) is 0. The largest absolute Gasteiger partial charge is 0.278 e. The molecule has 0 radical (unpaired) electrons. The topological polar surface area (TPSA) is 30.7 Å². The summed E-state index contributed by atoms with van der Waals surface area (Å²) in [6.07, 6.45) is 0. The summed E-state index contributed by atoms with van der Waals surface area (Å²) < 4.78 is 2.36. The highest BCUT2D eigenvalue weighted by Crippen LogP contribution is 2.56. The fraction of sp³-hybridized carbons (Fsp3) is 0.0612. The van der Waals surface area contributed by atoms with Gasteiger partial charge in [-0.1, -0.05) is 166 Å². The molecule has 2 aromatic heterocycles. The zero-order chi connectivity index (χ0) is 34.6. The zero-order valence-electron chi connectivity index (χ0n) is 28.9. The van der Waals surface area contributed by atoms with Crippen LogP contribution in [0.15, 0.2) is 164 Å². The number of nitrogens with zero attached hydrogens (tertiary/aromatic N) is 3. The number of rotatable bonds is 3. The van der Waals surface area contributed by atoms with E-state index in [0.29, 0.717) is 5.95 Å². The summed E-state index contributed by atoms with van der Waals surface area (Å²) in [5.74, 6) is 0.681. The summed E-state index contributed by atoms with van der Waals surface area (Å²) in [6.45, 7) is 4.75. The van der Waals surface area contributed by atoms with E-state index in [1.165, 1.54) is 65.8 Å². The van der Waals surface area contributed by atoms with Crippen LogP contribution in [0.5, 0.6) is 0 Å². The standard InChI is InChI=1S/C49H33N3/c1-49(2)39-22-12-10-20-37(39)42-35-18-8-9-19-36(35)43-38-21-11-13-23-41(38)52(47(43)45(42)49)48-50-40-29-28-32-16-6-7-17-34(32)44(40)46(51-48)33-26-24-31(25-27-33)30-14-4-3-5-15-30/h3-29H,1-2H3. The van der Waals surface area contributed by atoms with Crippen molar-refractivity contribution in [1.82, 2.24) is 14.5 Å². The summed E-state index contributed by atoms with van der Waals surface area (Å²) in [4.78, 5) is 11.1. The first-order chi connectivity index (χ1) is 25.6. The minimum atomic E-state index is -0.247. The number of hydrogen-bond donors (Lipinski definition) is 0. The molecule has 10 aromatic rings. The van der Waals surface area contributed by atoms with E-state index in [-0.39, 0.29) is 5.41 Å². The Morgan fingerprint density at radius 3 is 1.94 bits per heavy atom. The molecule has 11 rings (SSSR count). The van der Waals surface area contributed by atoms with Crippen LogP contribution in [0.4, 0.5) is 0 Å². The normalized spacial score (nSPS) is 13.3. The average molecular weight is 664 g/mol. The first-order valence-corrected chi connectivity index (χ1v) is 18.0. The molecule has 1 aliphatic carbocycles. The van der Waals surface area contributed by atoms with Crippen LogP contribution in [0.3, 0.4) is 0 Å². The van der Waals surface area contributed by atoms with Gasteiger partial charge in [0.15, 0.2) is 0 Å². The smallest absolute Gasteiger partial charge is 0.235 e. The third-order valence-electron chi connectivity index (χ3n) is 11.4. The summed E-state index contributed by atoms with van der Waals surface area (Å²) in [5, 5.41) is 8.39. The zero-order valence-corrected chi connectivity index (χ0v) is 28.9. The van der Waals surface area contributed by atoms with Crippen molar-refractivity contribution in [3.8, 4) is 39.5 Å². The third kappa shape index (κ3) is 3.96. The van der Waals surface area contributed by atoms with Crippen molar-refractivity contribution in [1.29, 1.82) is 0 Å². The Balaban J connectivity index is 1.29. The van der Waals surface area contributed by atoms with Crippen molar-refractivity contribution in [3.63, 3.8) is 0 Å². The number of hydrogen-bond acceptors (Lipinski definition) is 2. The van der Waals surface area contributed by atoms with Crippen LogP contribution in [-0.2, 0) is 5.41 Å². The molecule has 1 aliphatic rings. The van der Waals surface area contributed by atoms with Crippen LogP contribution in [0, 0.1) is 0 Å². The summed E-state index contributed by atoms with van der Waals surface area (Å²) in [6, 6.07) is 59.0. The molecule has 3 nitrogen and oxygen atoms in total. The van der Waals surface area contributed by atoms with Crippen LogP contribution in [0.2, 0.25) is 0 Å². The lowest BCUT2D eigenvalue weighted by atomic mass is 9.80. The maximum atomic E-state index is 5.62. The van der Waals surface area contributed by atoms with Gasteiger partial charge < -0.3 is 0 Å². The molecule has 3 heteroatoms. The molecule has 0 N–H and O–H groups in total. The Morgan fingerprint density at radius 2 is 1.12 bits per heavy atom. The minimum Gasteiger partial charge on any atom is -0.278 e. The molecule has 0 saturated carbocycles. The van der Waals surface area contributed by atoms with E-state index in [0.717, 1.165) is 33.1 Å². The fourth-order valence-electron chi connectivity index (χ4n) is 9.05. The van der Waals surface area contributed by atoms with E-state index in [1.54, 1.807) is 0 Å². The Kier molecular flexibility index (Phi) is 6.01. The van der Waals surface area contributed by atoms with Gasteiger partial charge >= 0.3 is 0 Å². The molecule has 0 unspecified atom stereocenters. The van der Waals surface area contributed by atoms with Gasteiger partial charge in [0.1, 0.15) is 0 Å². The lowest BCUT2D eigenvalue weighted by Crippen LogP contribution is -2.17. The van der Waals surface area contributed by atoms with Crippen LogP contribution in [0.1, 0.15) is 25.0 Å². The number of fused-ring (bicyclic) bond motifs is 13. The van der Waals surface area contributed by atoms with Crippen LogP contribution in [0.25, 0.3) is 93.7 Å². The molecule has 0 spiro atoms. The summed E-state index contributed by atoms with van der Waals surface area (Å²) >= 11 is 0. The number of para-hydroxylation sites is 1. The molecule has 0 amide bonds. The van der Waals surface area contributed by atoms with Crippen molar-refractivity contribution >= 4 is 54.3 Å². The van der Waals surface area contributed by atoms with Crippen molar-refractivity contribution in [3.05, 3.63) is 175 Å². The quantitative estimate of drug-likeness (QED) is 0.176. The molecule has 2 heterocycles. The second-order valence-corrected chi connectivity index (χ2v) is 14.5. The van der Waals surface area contributed by atoms with Crippen LogP contribution in [-0.4, -0.2) is 14.5 Å². The highest BCUT2D eigenvalue weighted by atomic mass is 15.2. The maximum Gasteiger partial charge on any atom is 0.235 e. The van der Waals surface area contributed by atoms with Gasteiger partial charge in [0.25, 0.3) is 0 Å². The molecule has 0 saturated heterocycles. The first kappa shape index (κ1) is 29.2. The predicted octanol–water partition coefficient (Wildman–Crippen LogP) is 12.7. The van der Waals surface area contributed by atoms with Gasteiger partial charge in [-0.2, -0.15) is 0 Å². The van der Waals surface area contributed by atoms with E-state index in [9.17, 15) is 0 Å². The van der Waals surface area contributed by atoms with Gasteiger partial charge in [-0.15, -0.1) is 0 Å². The summed E-state index contributed by atoms with van der Waals surface area (Å²) in [5.41, 5.74) is 12.6. The minimum absolute atomic E-state index is 0.247. The van der Waals surface area contributed by atoms with E-state index in [4.69, 9.17) is 9.97 Å². The second kappa shape index (κ2) is 10.7. The molecular formula is C49H33N3. The lowest BCUT2D eigenvalue weighted by Gasteiger charge is -2.24. The van der Waals surface area contributed by atoms with Gasteiger partial charge in [-0.3, -0.25) is 4.57 Å². The molecule has 244 valence electrons. The van der Waals surface area contributed by atoms with Crippen LogP contribution >= 0.6 is 0 Å². The Morgan fingerprint density at radius 1 is 0.481 bits per heavy atom. The molecule has 0 bridgehead atoms. The average Bonchev–Trinajstić information content (AvgIpc) is 3.67. The second-order valence-electron chi connectivity index (χ2n) is 14.5. The van der Waals surface area contributed by atoms with Gasteiger partial charge in [-0.25, -0.2) is 9.97 Å². The molecule has 0 aliphatic heterocycles. The molecule has 0 atom stereocenters. The van der Waals surface area contributed by atoms with Gasteiger partial charge in [0.05, 0.1) is 22.2 Å². The molecular weight excluding hydrogens is 631 g/mol. The highest BCUT2D eigenvalue weighted by Gasteiger charge is 2.40.